The van der Waals surface area contributed by atoms with E-state index in [0.717, 1.165) is 24.0 Å². The third kappa shape index (κ3) is 4.33. The molecular formula is C22H25N3O6S. The minimum absolute atomic E-state index is 0.0487. The predicted molar refractivity (Wildman–Crippen MR) is 118 cm³/mol. The Labute approximate surface area is 186 Å². The van der Waals surface area contributed by atoms with E-state index in [0.29, 0.717) is 38.2 Å². The third-order valence-electron chi connectivity index (χ3n) is 5.84. The van der Waals surface area contributed by atoms with Gasteiger partial charge in [-0.3, -0.25) is 14.9 Å². The lowest BCUT2D eigenvalue weighted by atomic mass is 10.0. The molecule has 2 heterocycles. The van der Waals surface area contributed by atoms with E-state index in [-0.39, 0.29) is 28.8 Å². The van der Waals surface area contributed by atoms with E-state index in [9.17, 15) is 23.3 Å². The first-order chi connectivity index (χ1) is 15.3. The number of nitrogens with zero attached hydrogens (tertiary/aromatic N) is 3. The molecule has 0 spiro atoms. The molecule has 0 atom stereocenters. The van der Waals surface area contributed by atoms with Gasteiger partial charge in [-0.25, -0.2) is 8.42 Å². The molecule has 1 fully saturated rings. The van der Waals surface area contributed by atoms with Gasteiger partial charge in [0.25, 0.3) is 5.91 Å². The van der Waals surface area contributed by atoms with Crippen molar-refractivity contribution in [1.82, 2.24) is 4.31 Å². The molecule has 2 aliphatic rings. The van der Waals surface area contributed by atoms with Gasteiger partial charge < -0.3 is 9.64 Å². The maximum atomic E-state index is 12.9. The molecule has 0 saturated carbocycles. The second-order valence-corrected chi connectivity index (χ2v) is 10.0. The highest BCUT2D eigenvalue weighted by Gasteiger charge is 2.30. The van der Waals surface area contributed by atoms with Crippen molar-refractivity contribution < 1.29 is 22.9 Å². The Morgan fingerprint density at radius 2 is 1.84 bits per heavy atom. The number of carbonyl (C=O) groups is 1. The average molecular weight is 460 g/mol. The second-order valence-electron chi connectivity index (χ2n) is 8.07. The van der Waals surface area contributed by atoms with Crippen molar-refractivity contribution in [3.8, 4) is 5.75 Å². The summed E-state index contributed by atoms with van der Waals surface area (Å²) in [6.07, 6.45) is 3.10. The molecule has 0 aromatic heterocycles. The molecule has 4 rings (SSSR count). The summed E-state index contributed by atoms with van der Waals surface area (Å²) in [5, 5.41) is 11.2. The topological polar surface area (TPSA) is 110 Å². The van der Waals surface area contributed by atoms with E-state index in [1.54, 1.807) is 36.1 Å². The Morgan fingerprint density at radius 1 is 1.09 bits per heavy atom. The van der Waals surface area contributed by atoms with Crippen LogP contribution in [0.5, 0.6) is 5.75 Å². The van der Waals surface area contributed by atoms with E-state index in [2.05, 4.69) is 0 Å². The number of ether oxygens (including phenoxy) is 1. The summed E-state index contributed by atoms with van der Waals surface area (Å²) in [6, 6.07) is 9.38. The molecule has 0 N–H and O–H groups in total. The van der Waals surface area contributed by atoms with Crippen molar-refractivity contribution in [2.24, 2.45) is 0 Å². The number of benzene rings is 2. The number of fused-ring (bicyclic) bond motifs is 1. The van der Waals surface area contributed by atoms with E-state index in [4.69, 9.17) is 4.74 Å². The fourth-order valence-corrected chi connectivity index (χ4v) is 5.74. The number of hydrogen-bond acceptors (Lipinski definition) is 6. The lowest BCUT2D eigenvalue weighted by Gasteiger charge is -2.30. The fourth-order valence-electron chi connectivity index (χ4n) is 4.18. The lowest BCUT2D eigenvalue weighted by molar-refractivity contribution is -0.385. The van der Waals surface area contributed by atoms with Gasteiger partial charge in [0, 0.05) is 31.4 Å². The quantitative estimate of drug-likeness (QED) is 0.485. The van der Waals surface area contributed by atoms with Crippen LogP contribution in [-0.4, -0.2) is 49.8 Å². The summed E-state index contributed by atoms with van der Waals surface area (Å²) in [4.78, 5) is 25.4. The molecule has 2 aromatic rings. The Kier molecular flexibility index (Phi) is 6.16. The molecule has 0 aliphatic carbocycles. The number of carbonyl (C=O) groups excluding carboxylic acids is 1. The highest BCUT2D eigenvalue weighted by atomic mass is 32.2. The number of hydrogen-bond donors (Lipinski definition) is 0. The molecule has 0 unspecified atom stereocenters. The summed E-state index contributed by atoms with van der Waals surface area (Å²) in [5.41, 5.74) is 2.04. The number of rotatable bonds is 6. The van der Waals surface area contributed by atoms with Crippen LogP contribution < -0.4 is 9.64 Å². The molecule has 1 saturated heterocycles. The van der Waals surface area contributed by atoms with Gasteiger partial charge in [-0.2, -0.15) is 4.31 Å². The number of nitro groups is 1. The van der Waals surface area contributed by atoms with Crippen molar-refractivity contribution in [3.05, 3.63) is 57.6 Å². The van der Waals surface area contributed by atoms with E-state index >= 15 is 0 Å². The van der Waals surface area contributed by atoms with Gasteiger partial charge in [-0.15, -0.1) is 0 Å². The maximum absolute atomic E-state index is 12.9. The van der Waals surface area contributed by atoms with E-state index < -0.39 is 14.9 Å². The standard InChI is InChI=1S/C22H25N3O6S/c1-16-6-8-20(25(27)28)21(13-16)31-15-22(26)24-12-4-5-17-14-18(7-9-19(17)24)32(29,30)23-10-2-3-11-23/h6-9,13-14H,2-5,10-12,15H2,1H3. The Bertz CT molecular complexity index is 1160. The van der Waals surface area contributed by atoms with Gasteiger partial charge in [0.05, 0.1) is 9.82 Å². The molecule has 1 amide bonds. The minimum Gasteiger partial charge on any atom is -0.477 e. The van der Waals surface area contributed by atoms with Gasteiger partial charge in [0.1, 0.15) is 0 Å². The molecule has 170 valence electrons. The summed E-state index contributed by atoms with van der Waals surface area (Å²) >= 11 is 0. The first kappa shape index (κ1) is 22.2. The first-order valence-corrected chi connectivity index (χ1v) is 12.0. The summed E-state index contributed by atoms with van der Waals surface area (Å²) in [7, 11) is -3.53. The van der Waals surface area contributed by atoms with Crippen molar-refractivity contribution >= 4 is 27.3 Å². The third-order valence-corrected chi connectivity index (χ3v) is 7.73. The smallest absolute Gasteiger partial charge is 0.310 e. The first-order valence-electron chi connectivity index (χ1n) is 10.6. The molecule has 2 aromatic carbocycles. The fraction of sp³-hybridized carbons (Fsp3) is 0.409. The maximum Gasteiger partial charge on any atom is 0.310 e. The van der Waals surface area contributed by atoms with Crippen LogP contribution in [0.15, 0.2) is 41.3 Å². The monoisotopic (exact) mass is 459 g/mol. The van der Waals surface area contributed by atoms with Crippen LogP contribution in [-0.2, 0) is 21.2 Å². The van der Waals surface area contributed by atoms with Crippen LogP contribution in [0.4, 0.5) is 11.4 Å². The van der Waals surface area contributed by atoms with Gasteiger partial charge in [-0.1, -0.05) is 6.07 Å². The summed E-state index contributed by atoms with van der Waals surface area (Å²) in [5.74, 6) is -0.287. The number of sulfonamides is 1. The van der Waals surface area contributed by atoms with Crippen LogP contribution in [0.25, 0.3) is 0 Å². The van der Waals surface area contributed by atoms with Crippen LogP contribution >= 0.6 is 0 Å². The Hall–Kier alpha value is -2.98. The van der Waals surface area contributed by atoms with Gasteiger partial charge >= 0.3 is 5.69 Å². The molecule has 0 radical (unpaired) electrons. The van der Waals surface area contributed by atoms with Gasteiger partial charge in [-0.05, 0) is 68.0 Å². The molecule has 0 bridgehead atoms. The summed E-state index contributed by atoms with van der Waals surface area (Å²) < 4.78 is 32.8. The van der Waals surface area contributed by atoms with Crippen LogP contribution in [0.3, 0.4) is 0 Å². The normalized spacial score (nSPS) is 16.6. The van der Waals surface area contributed by atoms with Crippen molar-refractivity contribution in [2.75, 3.05) is 31.1 Å². The Morgan fingerprint density at radius 3 is 2.56 bits per heavy atom. The van der Waals surface area contributed by atoms with Crippen molar-refractivity contribution in [3.63, 3.8) is 0 Å². The van der Waals surface area contributed by atoms with Crippen LogP contribution in [0, 0.1) is 17.0 Å². The molecule has 2 aliphatic heterocycles. The number of nitro benzene ring substituents is 1. The summed E-state index contributed by atoms with van der Waals surface area (Å²) in [6.45, 7) is 2.98. The predicted octanol–water partition coefficient (Wildman–Crippen LogP) is 3.05. The zero-order valence-corrected chi connectivity index (χ0v) is 18.6. The van der Waals surface area contributed by atoms with Gasteiger partial charge in [0.2, 0.25) is 10.0 Å². The zero-order valence-electron chi connectivity index (χ0n) is 17.8. The average Bonchev–Trinajstić information content (AvgIpc) is 3.32. The molecule has 10 heteroatoms. The molecule has 32 heavy (non-hydrogen) atoms. The highest BCUT2D eigenvalue weighted by Crippen LogP contribution is 2.32. The minimum atomic E-state index is -3.53. The van der Waals surface area contributed by atoms with Crippen LogP contribution in [0.1, 0.15) is 30.4 Å². The van der Waals surface area contributed by atoms with Gasteiger partial charge in [0.15, 0.2) is 12.4 Å². The van der Waals surface area contributed by atoms with Crippen molar-refractivity contribution in [1.29, 1.82) is 0 Å². The lowest BCUT2D eigenvalue weighted by Crippen LogP contribution is -2.39. The number of aryl methyl sites for hydroxylation is 2. The van der Waals surface area contributed by atoms with Crippen LogP contribution in [0.2, 0.25) is 0 Å². The molecular weight excluding hydrogens is 434 g/mol. The number of anilines is 1. The number of amides is 1. The SMILES string of the molecule is Cc1ccc([N+](=O)[O-])c(OCC(=O)N2CCCc3cc(S(=O)(=O)N4CCCC4)ccc32)c1. The van der Waals surface area contributed by atoms with E-state index in [1.165, 1.54) is 16.4 Å². The largest absolute Gasteiger partial charge is 0.477 e. The Balaban J connectivity index is 1.53. The molecule has 9 nitrogen and oxygen atoms in total. The van der Waals surface area contributed by atoms with Crippen molar-refractivity contribution in [2.45, 2.75) is 37.5 Å². The zero-order chi connectivity index (χ0) is 22.9. The highest BCUT2D eigenvalue weighted by molar-refractivity contribution is 7.89. The van der Waals surface area contributed by atoms with E-state index in [1.807, 2.05) is 0 Å². The second kappa shape index (κ2) is 8.87.